The first-order valence-corrected chi connectivity index (χ1v) is 11.0. The van der Waals surface area contributed by atoms with Crippen molar-refractivity contribution in [1.29, 1.82) is 0 Å². The van der Waals surface area contributed by atoms with Crippen molar-refractivity contribution in [3.8, 4) is 11.4 Å². The first kappa shape index (κ1) is 17.5. The monoisotopic (exact) mass is 416 g/mol. The smallest absolute Gasteiger partial charge is 0.247 e. The van der Waals surface area contributed by atoms with Gasteiger partial charge >= 0.3 is 0 Å². The van der Waals surface area contributed by atoms with E-state index in [-0.39, 0.29) is 4.21 Å². The maximum Gasteiger partial charge on any atom is 0.247 e. The number of anilines is 1. The van der Waals surface area contributed by atoms with E-state index in [1.165, 1.54) is 6.07 Å². The zero-order valence-electron chi connectivity index (χ0n) is 14.6. The van der Waals surface area contributed by atoms with E-state index in [1.807, 2.05) is 18.2 Å². The van der Waals surface area contributed by atoms with Crippen LogP contribution >= 0.6 is 11.3 Å². The fraction of sp³-hybridized carbons (Fsp3) is 0.235. The SMILES string of the molecule is NS(=O)(=O)c1cc2nc(-c3cccc4[nH]ncc34)nc(N3CCOCC3)c2s1. The van der Waals surface area contributed by atoms with Crippen LogP contribution in [0, 0.1) is 0 Å². The topological polar surface area (TPSA) is 127 Å². The number of nitrogens with two attached hydrogens (primary N) is 1. The van der Waals surface area contributed by atoms with E-state index in [0.717, 1.165) is 27.8 Å². The van der Waals surface area contributed by atoms with E-state index in [9.17, 15) is 8.42 Å². The lowest BCUT2D eigenvalue weighted by Crippen LogP contribution is -2.36. The molecule has 1 saturated heterocycles. The number of primary sulfonamides is 1. The van der Waals surface area contributed by atoms with Crippen LogP contribution < -0.4 is 10.0 Å². The van der Waals surface area contributed by atoms with Crippen LogP contribution in [0.5, 0.6) is 0 Å². The van der Waals surface area contributed by atoms with Crippen molar-refractivity contribution in [2.24, 2.45) is 5.14 Å². The maximum atomic E-state index is 11.9. The number of hydrogen-bond donors (Lipinski definition) is 2. The van der Waals surface area contributed by atoms with Gasteiger partial charge in [0.05, 0.1) is 35.1 Å². The molecule has 0 aliphatic carbocycles. The Morgan fingerprint density at radius 2 is 2.04 bits per heavy atom. The van der Waals surface area contributed by atoms with Gasteiger partial charge in [0.15, 0.2) is 11.6 Å². The minimum Gasteiger partial charge on any atom is -0.378 e. The zero-order valence-corrected chi connectivity index (χ0v) is 16.3. The molecule has 3 aromatic heterocycles. The van der Waals surface area contributed by atoms with Crippen LogP contribution in [-0.2, 0) is 14.8 Å². The maximum absolute atomic E-state index is 11.9. The van der Waals surface area contributed by atoms with E-state index < -0.39 is 10.0 Å². The van der Waals surface area contributed by atoms with Crippen LogP contribution in [0.1, 0.15) is 0 Å². The second-order valence-corrected chi connectivity index (χ2v) is 9.27. The van der Waals surface area contributed by atoms with Gasteiger partial charge in [0.2, 0.25) is 10.0 Å². The highest BCUT2D eigenvalue weighted by atomic mass is 32.2. The zero-order chi connectivity index (χ0) is 19.3. The van der Waals surface area contributed by atoms with E-state index in [1.54, 1.807) is 6.20 Å². The van der Waals surface area contributed by atoms with Gasteiger partial charge < -0.3 is 9.64 Å². The molecule has 3 N–H and O–H groups in total. The number of sulfonamides is 1. The number of hydrogen-bond acceptors (Lipinski definition) is 8. The van der Waals surface area contributed by atoms with Crippen molar-refractivity contribution in [1.82, 2.24) is 20.2 Å². The quantitative estimate of drug-likeness (QED) is 0.520. The van der Waals surface area contributed by atoms with Crippen LogP contribution in [0.4, 0.5) is 5.82 Å². The number of nitrogens with one attached hydrogen (secondary N) is 1. The predicted octanol–water partition coefficient (Wildman–Crippen LogP) is 1.72. The molecule has 0 unspecified atom stereocenters. The first-order chi connectivity index (χ1) is 13.5. The highest BCUT2D eigenvalue weighted by Gasteiger charge is 2.23. The van der Waals surface area contributed by atoms with Crippen molar-refractivity contribution < 1.29 is 13.2 Å². The summed E-state index contributed by atoms with van der Waals surface area (Å²) in [5.41, 5.74) is 2.26. The van der Waals surface area contributed by atoms with Gasteiger partial charge in [0.25, 0.3) is 0 Å². The standard InChI is InChI=1S/C17H16N6O3S2/c18-28(24,25)14-8-13-15(27-14)17(23-4-6-26-7-5-23)21-16(20-13)10-2-1-3-12-11(10)9-19-22-12/h1-3,8-9H,4-7H2,(H,19,22)(H2,18,24,25). The predicted molar refractivity (Wildman–Crippen MR) is 107 cm³/mol. The summed E-state index contributed by atoms with van der Waals surface area (Å²) < 4.78 is 30.0. The highest BCUT2D eigenvalue weighted by Crippen LogP contribution is 2.36. The van der Waals surface area contributed by atoms with Gasteiger partial charge in [-0.1, -0.05) is 12.1 Å². The van der Waals surface area contributed by atoms with Crippen LogP contribution in [-0.4, -0.2) is 54.9 Å². The lowest BCUT2D eigenvalue weighted by Gasteiger charge is -2.28. The van der Waals surface area contributed by atoms with Gasteiger partial charge in [-0.15, -0.1) is 11.3 Å². The molecule has 1 aliphatic heterocycles. The van der Waals surface area contributed by atoms with Crippen LogP contribution in [0.15, 0.2) is 34.7 Å². The van der Waals surface area contributed by atoms with Crippen molar-refractivity contribution in [3.05, 3.63) is 30.5 Å². The lowest BCUT2D eigenvalue weighted by molar-refractivity contribution is 0.122. The van der Waals surface area contributed by atoms with E-state index in [2.05, 4.69) is 20.1 Å². The third-order valence-corrected chi connectivity index (χ3v) is 7.19. The van der Waals surface area contributed by atoms with Gasteiger partial charge in [-0.05, 0) is 12.1 Å². The molecule has 4 heterocycles. The molecular formula is C17H16N6O3S2. The van der Waals surface area contributed by atoms with Gasteiger partial charge in [0.1, 0.15) is 4.21 Å². The number of aromatic nitrogens is 4. The molecule has 0 radical (unpaired) electrons. The Kier molecular flexibility index (Phi) is 4.05. The number of aromatic amines is 1. The molecule has 0 bridgehead atoms. The van der Waals surface area contributed by atoms with Crippen LogP contribution in [0.25, 0.3) is 32.5 Å². The molecule has 1 aliphatic rings. The summed E-state index contributed by atoms with van der Waals surface area (Å²) >= 11 is 1.09. The number of nitrogens with zero attached hydrogens (tertiary/aromatic N) is 4. The normalized spacial score (nSPS) is 15.5. The molecule has 0 spiro atoms. The molecule has 0 amide bonds. The molecule has 5 rings (SSSR count). The van der Waals surface area contributed by atoms with Gasteiger partial charge in [-0.3, -0.25) is 5.10 Å². The van der Waals surface area contributed by atoms with Crippen LogP contribution in [0.3, 0.4) is 0 Å². The Labute approximate surface area is 164 Å². The number of rotatable bonds is 3. The summed E-state index contributed by atoms with van der Waals surface area (Å²) in [7, 11) is -3.82. The fourth-order valence-electron chi connectivity index (χ4n) is 3.31. The van der Waals surface area contributed by atoms with Crippen LogP contribution in [0.2, 0.25) is 0 Å². The second-order valence-electron chi connectivity index (χ2n) is 6.43. The molecular weight excluding hydrogens is 400 g/mol. The molecule has 28 heavy (non-hydrogen) atoms. The molecule has 11 heteroatoms. The Hall–Kier alpha value is -2.60. The number of H-pyrrole nitrogens is 1. The highest BCUT2D eigenvalue weighted by molar-refractivity contribution is 7.91. The van der Waals surface area contributed by atoms with Gasteiger partial charge in [-0.2, -0.15) is 5.10 Å². The second kappa shape index (κ2) is 6.48. The average molecular weight is 416 g/mol. The largest absolute Gasteiger partial charge is 0.378 e. The van der Waals surface area contributed by atoms with E-state index >= 15 is 0 Å². The van der Waals surface area contributed by atoms with Crippen molar-refractivity contribution in [2.45, 2.75) is 4.21 Å². The third kappa shape index (κ3) is 2.92. The lowest BCUT2D eigenvalue weighted by atomic mass is 10.1. The Morgan fingerprint density at radius 1 is 1.21 bits per heavy atom. The fourth-order valence-corrected chi connectivity index (χ4v) is 5.14. The minimum absolute atomic E-state index is 0.0741. The Bertz CT molecular complexity index is 1290. The van der Waals surface area contributed by atoms with E-state index in [4.69, 9.17) is 14.9 Å². The first-order valence-electron chi connectivity index (χ1n) is 8.60. The molecule has 1 fully saturated rings. The molecule has 4 aromatic rings. The molecule has 0 saturated carbocycles. The molecule has 9 nitrogen and oxygen atoms in total. The van der Waals surface area contributed by atoms with E-state index in [0.29, 0.717) is 48.2 Å². The summed E-state index contributed by atoms with van der Waals surface area (Å²) in [6.07, 6.45) is 1.73. The van der Waals surface area contributed by atoms with Gasteiger partial charge in [0, 0.05) is 24.0 Å². The number of benzene rings is 1. The number of fused-ring (bicyclic) bond motifs is 2. The van der Waals surface area contributed by atoms with Gasteiger partial charge in [-0.25, -0.2) is 23.5 Å². The van der Waals surface area contributed by atoms with Crippen molar-refractivity contribution in [3.63, 3.8) is 0 Å². The summed E-state index contributed by atoms with van der Waals surface area (Å²) in [5, 5.41) is 13.3. The summed E-state index contributed by atoms with van der Waals surface area (Å²) in [4.78, 5) is 11.6. The number of ether oxygens (including phenoxy) is 1. The summed E-state index contributed by atoms with van der Waals surface area (Å²) in [5.74, 6) is 1.21. The molecule has 144 valence electrons. The number of thiophene rings is 1. The third-order valence-electron chi connectivity index (χ3n) is 4.65. The summed E-state index contributed by atoms with van der Waals surface area (Å²) in [6.45, 7) is 2.52. The number of morpholine rings is 1. The molecule has 0 atom stereocenters. The average Bonchev–Trinajstić information content (AvgIpc) is 3.34. The minimum atomic E-state index is -3.82. The molecule has 1 aromatic carbocycles. The van der Waals surface area contributed by atoms with Crippen molar-refractivity contribution >= 4 is 48.3 Å². The van der Waals surface area contributed by atoms with Crippen molar-refractivity contribution in [2.75, 3.05) is 31.2 Å². The summed E-state index contributed by atoms with van der Waals surface area (Å²) in [6, 6.07) is 7.27. The Balaban J connectivity index is 1.77. The Morgan fingerprint density at radius 3 is 2.82 bits per heavy atom.